The van der Waals surface area contributed by atoms with E-state index in [2.05, 4.69) is 0 Å². The van der Waals surface area contributed by atoms with Crippen molar-refractivity contribution in [3.05, 3.63) is 0 Å². The Morgan fingerprint density at radius 2 is 1.55 bits per heavy atom. The Morgan fingerprint density at radius 1 is 0.955 bits per heavy atom. The second kappa shape index (κ2) is 9.72. The van der Waals surface area contributed by atoms with E-state index in [1.165, 1.54) is 0 Å². The highest BCUT2D eigenvalue weighted by molar-refractivity contribution is 5.88. The van der Waals surface area contributed by atoms with Gasteiger partial charge in [-0.05, 0) is 12.8 Å². The molecule has 0 saturated heterocycles. The van der Waals surface area contributed by atoms with Gasteiger partial charge in [-0.2, -0.15) is 0 Å². The Labute approximate surface area is 127 Å². The highest BCUT2D eigenvalue weighted by Gasteiger charge is 2.41. The summed E-state index contributed by atoms with van der Waals surface area (Å²) in [5, 5.41) is 27.0. The van der Waals surface area contributed by atoms with Crippen molar-refractivity contribution < 1.29 is 39.2 Å². The number of amides is 1. The van der Waals surface area contributed by atoms with E-state index in [-0.39, 0.29) is 12.5 Å². The molecule has 0 rings (SSSR count). The number of aliphatic hydroxyl groups is 1. The van der Waals surface area contributed by atoms with Crippen LogP contribution < -0.4 is 5.73 Å². The van der Waals surface area contributed by atoms with Crippen LogP contribution in [0.15, 0.2) is 0 Å². The lowest BCUT2D eigenvalue weighted by molar-refractivity contribution is -0.172. The number of hydrogen-bond donors (Lipinski definition) is 4. The first-order chi connectivity index (χ1) is 10.2. The SMILES string of the molecule is NC(=O)CCCCCCOC(=O)CC(O)(CC(=O)O)C(=O)O. The number of aliphatic carboxylic acids is 2. The summed E-state index contributed by atoms with van der Waals surface area (Å²) in [7, 11) is 0. The van der Waals surface area contributed by atoms with Crippen molar-refractivity contribution >= 4 is 23.8 Å². The minimum absolute atomic E-state index is 0.0260. The lowest BCUT2D eigenvalue weighted by atomic mass is 9.96. The van der Waals surface area contributed by atoms with Crippen molar-refractivity contribution in [1.29, 1.82) is 0 Å². The maximum Gasteiger partial charge on any atom is 0.336 e. The van der Waals surface area contributed by atoms with E-state index in [1.54, 1.807) is 0 Å². The van der Waals surface area contributed by atoms with Crippen LogP contribution in [0.1, 0.15) is 44.9 Å². The lowest BCUT2D eigenvalue weighted by Gasteiger charge is -2.20. The van der Waals surface area contributed by atoms with Gasteiger partial charge >= 0.3 is 17.9 Å². The maximum absolute atomic E-state index is 11.4. The quantitative estimate of drug-likeness (QED) is 0.280. The molecule has 0 aromatic carbocycles. The van der Waals surface area contributed by atoms with Gasteiger partial charge in [-0.1, -0.05) is 12.8 Å². The zero-order valence-corrected chi connectivity index (χ0v) is 12.1. The fraction of sp³-hybridized carbons (Fsp3) is 0.692. The van der Waals surface area contributed by atoms with Crippen LogP contribution in [0.5, 0.6) is 0 Å². The van der Waals surface area contributed by atoms with Crippen molar-refractivity contribution in [2.24, 2.45) is 5.73 Å². The first kappa shape index (κ1) is 19.8. The smallest absolute Gasteiger partial charge is 0.336 e. The minimum Gasteiger partial charge on any atom is -0.481 e. The number of carboxylic acid groups (broad SMARTS) is 2. The van der Waals surface area contributed by atoms with Crippen molar-refractivity contribution in [3.8, 4) is 0 Å². The molecule has 0 spiro atoms. The maximum atomic E-state index is 11.4. The summed E-state index contributed by atoms with van der Waals surface area (Å²) in [6.07, 6.45) is 0.842. The first-order valence-electron chi connectivity index (χ1n) is 6.79. The number of ether oxygens (including phenoxy) is 1. The summed E-state index contributed by atoms with van der Waals surface area (Å²) >= 11 is 0. The predicted octanol–water partition coefficient (Wildman–Crippen LogP) is -0.354. The number of esters is 1. The monoisotopic (exact) mass is 319 g/mol. The van der Waals surface area contributed by atoms with Crippen LogP contribution in [-0.2, 0) is 23.9 Å². The number of unbranched alkanes of at least 4 members (excludes halogenated alkanes) is 3. The second-order valence-corrected chi connectivity index (χ2v) is 4.94. The average molecular weight is 319 g/mol. The molecule has 0 fully saturated rings. The fourth-order valence-corrected chi connectivity index (χ4v) is 1.69. The molecule has 0 saturated carbocycles. The van der Waals surface area contributed by atoms with Gasteiger partial charge in [0.05, 0.1) is 19.4 Å². The number of carbonyl (C=O) groups is 4. The van der Waals surface area contributed by atoms with Crippen LogP contribution in [0.2, 0.25) is 0 Å². The predicted molar refractivity (Wildman–Crippen MR) is 72.7 cm³/mol. The molecule has 0 aliphatic carbocycles. The van der Waals surface area contributed by atoms with Gasteiger partial charge in [0, 0.05) is 6.42 Å². The molecule has 1 amide bonds. The molecule has 0 aromatic heterocycles. The van der Waals surface area contributed by atoms with E-state index >= 15 is 0 Å². The molecule has 9 heteroatoms. The van der Waals surface area contributed by atoms with Gasteiger partial charge in [-0.25, -0.2) is 4.79 Å². The third-order valence-corrected chi connectivity index (χ3v) is 2.86. The van der Waals surface area contributed by atoms with Gasteiger partial charge < -0.3 is 25.8 Å². The van der Waals surface area contributed by atoms with Crippen molar-refractivity contribution in [2.45, 2.75) is 50.5 Å². The zero-order chi connectivity index (χ0) is 17.2. The van der Waals surface area contributed by atoms with Gasteiger partial charge in [0.25, 0.3) is 0 Å². The Hall–Kier alpha value is -2.16. The summed E-state index contributed by atoms with van der Waals surface area (Å²) in [6, 6.07) is 0. The Morgan fingerprint density at radius 3 is 2.05 bits per heavy atom. The fourth-order valence-electron chi connectivity index (χ4n) is 1.69. The normalized spacial score (nSPS) is 13.1. The number of rotatable bonds is 12. The summed E-state index contributed by atoms with van der Waals surface area (Å²) in [4.78, 5) is 43.2. The molecular formula is C13H21NO8. The number of carboxylic acids is 2. The summed E-state index contributed by atoms with van der Waals surface area (Å²) < 4.78 is 4.75. The second-order valence-electron chi connectivity index (χ2n) is 4.94. The van der Waals surface area contributed by atoms with Crippen molar-refractivity contribution in [1.82, 2.24) is 0 Å². The number of nitrogens with two attached hydrogens (primary N) is 1. The summed E-state index contributed by atoms with van der Waals surface area (Å²) in [5.74, 6) is -4.69. The van der Waals surface area contributed by atoms with Gasteiger partial charge in [0.2, 0.25) is 5.91 Å². The van der Waals surface area contributed by atoms with Crippen molar-refractivity contribution in [2.75, 3.05) is 6.61 Å². The van der Waals surface area contributed by atoms with E-state index in [0.717, 1.165) is 6.42 Å². The third kappa shape index (κ3) is 8.90. The first-order valence-corrected chi connectivity index (χ1v) is 6.79. The molecule has 0 radical (unpaired) electrons. The molecule has 1 atom stereocenters. The number of hydrogen-bond acceptors (Lipinski definition) is 6. The van der Waals surface area contributed by atoms with Gasteiger partial charge in [0.15, 0.2) is 5.60 Å². The van der Waals surface area contributed by atoms with Crippen LogP contribution >= 0.6 is 0 Å². The standard InChI is InChI=1S/C13H21NO8/c14-9(15)5-3-1-2-4-6-22-11(18)8-13(21,12(19)20)7-10(16)17/h21H,1-8H2,(H2,14,15)(H,16,17)(H,19,20). The number of primary amides is 1. The van der Waals surface area contributed by atoms with E-state index in [4.69, 9.17) is 20.7 Å². The molecule has 9 nitrogen and oxygen atoms in total. The molecule has 0 aliphatic heterocycles. The van der Waals surface area contributed by atoms with Crippen LogP contribution in [0, 0.1) is 0 Å². The van der Waals surface area contributed by atoms with Gasteiger partial charge in [-0.3, -0.25) is 14.4 Å². The van der Waals surface area contributed by atoms with Crippen LogP contribution in [0.3, 0.4) is 0 Å². The molecule has 0 bridgehead atoms. The molecule has 1 unspecified atom stereocenters. The summed E-state index contributed by atoms with van der Waals surface area (Å²) in [6.45, 7) is 0.0260. The lowest BCUT2D eigenvalue weighted by Crippen LogP contribution is -2.43. The molecule has 22 heavy (non-hydrogen) atoms. The van der Waals surface area contributed by atoms with Gasteiger partial charge in [0.1, 0.15) is 0 Å². The van der Waals surface area contributed by atoms with E-state index < -0.39 is 36.4 Å². The average Bonchev–Trinajstić information content (AvgIpc) is 2.35. The van der Waals surface area contributed by atoms with E-state index in [1.807, 2.05) is 0 Å². The molecule has 0 aromatic rings. The Balaban J connectivity index is 3.99. The van der Waals surface area contributed by atoms with Gasteiger partial charge in [-0.15, -0.1) is 0 Å². The molecule has 0 aliphatic rings. The number of carbonyl (C=O) groups excluding carboxylic acids is 2. The highest BCUT2D eigenvalue weighted by atomic mass is 16.5. The minimum atomic E-state index is -2.68. The highest BCUT2D eigenvalue weighted by Crippen LogP contribution is 2.17. The topological polar surface area (TPSA) is 164 Å². The zero-order valence-electron chi connectivity index (χ0n) is 12.1. The van der Waals surface area contributed by atoms with Crippen LogP contribution in [0.4, 0.5) is 0 Å². The van der Waals surface area contributed by atoms with Crippen LogP contribution in [-0.4, -0.2) is 51.3 Å². The molecule has 0 heterocycles. The Bertz CT molecular complexity index is 422. The molecular weight excluding hydrogens is 298 g/mol. The van der Waals surface area contributed by atoms with Crippen LogP contribution in [0.25, 0.3) is 0 Å². The molecule has 126 valence electrons. The van der Waals surface area contributed by atoms with Crippen molar-refractivity contribution in [3.63, 3.8) is 0 Å². The molecule has 5 N–H and O–H groups in total. The largest absolute Gasteiger partial charge is 0.481 e. The van der Waals surface area contributed by atoms with E-state index in [0.29, 0.717) is 25.7 Å². The van der Waals surface area contributed by atoms with E-state index in [9.17, 15) is 24.3 Å². The third-order valence-electron chi connectivity index (χ3n) is 2.86. The summed E-state index contributed by atoms with van der Waals surface area (Å²) in [5.41, 5.74) is 2.29. The Kier molecular flexibility index (Phi) is 8.76.